The molecule has 0 saturated carbocycles. The van der Waals surface area contributed by atoms with E-state index in [0.717, 1.165) is 0 Å². The number of ether oxygens (including phenoxy) is 2. The predicted octanol–water partition coefficient (Wildman–Crippen LogP) is 1.36. The van der Waals surface area contributed by atoms with E-state index in [-0.39, 0.29) is 17.8 Å². The van der Waals surface area contributed by atoms with Crippen molar-refractivity contribution in [3.63, 3.8) is 0 Å². The third kappa shape index (κ3) is 4.18. The number of nitrogens with one attached hydrogen (secondary N) is 1. The first-order chi connectivity index (χ1) is 7.47. The fraction of sp³-hybridized carbons (Fsp3) is 0.818. The fourth-order valence-electron chi connectivity index (χ4n) is 1.43. The van der Waals surface area contributed by atoms with Crippen LogP contribution in [0.3, 0.4) is 0 Å². The first kappa shape index (κ1) is 14.9. The molecule has 0 saturated heterocycles. The van der Waals surface area contributed by atoms with Gasteiger partial charge in [0.2, 0.25) is 0 Å². The number of hydrogen-bond acceptors (Lipinski definition) is 4. The second kappa shape index (κ2) is 7.22. The van der Waals surface area contributed by atoms with E-state index in [0.29, 0.717) is 6.42 Å². The molecule has 1 amide bonds. The lowest BCUT2D eigenvalue weighted by Gasteiger charge is -2.25. The van der Waals surface area contributed by atoms with Crippen molar-refractivity contribution in [1.29, 1.82) is 0 Å². The Hall–Kier alpha value is -1.10. The van der Waals surface area contributed by atoms with Gasteiger partial charge in [-0.2, -0.15) is 0 Å². The van der Waals surface area contributed by atoms with Gasteiger partial charge in [-0.15, -0.1) is 0 Å². The Morgan fingerprint density at radius 2 is 1.81 bits per heavy atom. The van der Waals surface area contributed by atoms with Crippen molar-refractivity contribution in [1.82, 2.24) is 5.32 Å². The van der Waals surface area contributed by atoms with Crippen molar-refractivity contribution in [2.45, 2.75) is 39.3 Å². The minimum atomic E-state index is -0.651. The standard InChI is InChI=1S/C11H21NO4/c1-6-8(15-4)9(10(13)7(2)3)12-11(14)16-5/h7-9H,6H2,1-5H3,(H,12,14)/t8-,9-/m0/s1. The van der Waals surface area contributed by atoms with Gasteiger partial charge in [0, 0.05) is 13.0 Å². The highest BCUT2D eigenvalue weighted by Crippen LogP contribution is 2.10. The first-order valence-corrected chi connectivity index (χ1v) is 5.38. The van der Waals surface area contributed by atoms with Crippen molar-refractivity contribution < 1.29 is 19.1 Å². The Balaban J connectivity index is 4.74. The number of rotatable bonds is 6. The van der Waals surface area contributed by atoms with Crippen LogP contribution in [0.5, 0.6) is 0 Å². The van der Waals surface area contributed by atoms with Crippen LogP contribution < -0.4 is 5.32 Å². The Morgan fingerprint density at radius 3 is 2.12 bits per heavy atom. The third-order valence-electron chi connectivity index (χ3n) is 2.41. The van der Waals surface area contributed by atoms with Gasteiger partial charge in [0.1, 0.15) is 6.04 Å². The SMILES string of the molecule is CC[C@H](OC)[C@H](NC(=O)OC)C(=O)C(C)C. The number of amides is 1. The molecule has 2 atom stereocenters. The molecule has 0 aromatic rings. The van der Waals surface area contributed by atoms with Gasteiger partial charge in [0.15, 0.2) is 5.78 Å². The summed E-state index contributed by atoms with van der Waals surface area (Å²) in [5, 5.41) is 2.51. The van der Waals surface area contributed by atoms with Crippen LogP contribution in [0.1, 0.15) is 27.2 Å². The van der Waals surface area contributed by atoms with E-state index in [1.807, 2.05) is 6.92 Å². The van der Waals surface area contributed by atoms with Crippen LogP contribution in [0.25, 0.3) is 0 Å². The molecule has 16 heavy (non-hydrogen) atoms. The molecule has 0 radical (unpaired) electrons. The minimum Gasteiger partial charge on any atom is -0.453 e. The van der Waals surface area contributed by atoms with Crippen LogP contribution in [0.4, 0.5) is 4.79 Å². The zero-order chi connectivity index (χ0) is 12.7. The van der Waals surface area contributed by atoms with E-state index >= 15 is 0 Å². The molecule has 0 aromatic heterocycles. The normalized spacial score (nSPS) is 14.4. The van der Waals surface area contributed by atoms with E-state index in [4.69, 9.17) is 4.74 Å². The molecule has 0 rings (SSSR count). The van der Waals surface area contributed by atoms with Gasteiger partial charge >= 0.3 is 6.09 Å². The summed E-state index contributed by atoms with van der Waals surface area (Å²) in [4.78, 5) is 23.0. The molecule has 0 bridgehead atoms. The highest BCUT2D eigenvalue weighted by molar-refractivity contribution is 5.89. The molecule has 5 nitrogen and oxygen atoms in total. The number of methoxy groups -OCH3 is 2. The average molecular weight is 231 g/mol. The molecule has 94 valence electrons. The van der Waals surface area contributed by atoms with Crippen molar-refractivity contribution in [2.75, 3.05) is 14.2 Å². The van der Waals surface area contributed by atoms with E-state index in [2.05, 4.69) is 10.1 Å². The van der Waals surface area contributed by atoms with Gasteiger partial charge < -0.3 is 14.8 Å². The molecular weight excluding hydrogens is 210 g/mol. The number of Topliss-reactive ketones (excluding diaryl/α,β-unsaturated/α-hetero) is 1. The van der Waals surface area contributed by atoms with Crippen molar-refractivity contribution >= 4 is 11.9 Å². The van der Waals surface area contributed by atoms with E-state index in [1.54, 1.807) is 13.8 Å². The molecule has 5 heteroatoms. The quantitative estimate of drug-likeness (QED) is 0.749. The molecule has 0 heterocycles. The molecular formula is C11H21NO4. The monoisotopic (exact) mass is 231 g/mol. The van der Waals surface area contributed by atoms with Gasteiger partial charge in [0.05, 0.1) is 13.2 Å². The van der Waals surface area contributed by atoms with Crippen LogP contribution >= 0.6 is 0 Å². The zero-order valence-corrected chi connectivity index (χ0v) is 10.6. The second-order valence-electron chi connectivity index (χ2n) is 3.85. The van der Waals surface area contributed by atoms with Gasteiger partial charge in [0.25, 0.3) is 0 Å². The molecule has 0 aromatic carbocycles. The Kier molecular flexibility index (Phi) is 6.72. The molecule has 0 aliphatic rings. The minimum absolute atomic E-state index is 0.0564. The van der Waals surface area contributed by atoms with Crippen molar-refractivity contribution in [3.8, 4) is 0 Å². The lowest BCUT2D eigenvalue weighted by atomic mass is 9.96. The highest BCUT2D eigenvalue weighted by atomic mass is 16.5. The van der Waals surface area contributed by atoms with Crippen molar-refractivity contribution in [2.24, 2.45) is 5.92 Å². The van der Waals surface area contributed by atoms with Gasteiger partial charge in [-0.25, -0.2) is 4.79 Å². The molecule has 0 spiro atoms. The van der Waals surface area contributed by atoms with Gasteiger partial charge in [-0.05, 0) is 6.42 Å². The summed E-state index contributed by atoms with van der Waals surface area (Å²) in [6.45, 7) is 5.47. The Morgan fingerprint density at radius 1 is 1.25 bits per heavy atom. The molecule has 1 N–H and O–H groups in total. The second-order valence-corrected chi connectivity index (χ2v) is 3.85. The Bertz CT molecular complexity index is 236. The van der Waals surface area contributed by atoms with Gasteiger partial charge in [-0.1, -0.05) is 20.8 Å². The Labute approximate surface area is 96.5 Å². The van der Waals surface area contributed by atoms with E-state index in [9.17, 15) is 9.59 Å². The average Bonchev–Trinajstić information content (AvgIpc) is 2.27. The van der Waals surface area contributed by atoms with Crippen molar-refractivity contribution in [3.05, 3.63) is 0 Å². The number of alkyl carbamates (subject to hydrolysis) is 1. The van der Waals surface area contributed by atoms with Crippen LogP contribution in [0.15, 0.2) is 0 Å². The molecule has 0 unspecified atom stereocenters. The number of carbonyl (C=O) groups is 2. The maximum Gasteiger partial charge on any atom is 0.407 e. The fourth-order valence-corrected chi connectivity index (χ4v) is 1.43. The van der Waals surface area contributed by atoms with E-state index < -0.39 is 12.1 Å². The predicted molar refractivity (Wildman–Crippen MR) is 60.3 cm³/mol. The number of hydrogen-bond donors (Lipinski definition) is 1. The number of ketones is 1. The first-order valence-electron chi connectivity index (χ1n) is 5.38. The summed E-state index contributed by atoms with van der Waals surface area (Å²) in [5.41, 5.74) is 0. The highest BCUT2D eigenvalue weighted by Gasteiger charge is 2.30. The lowest BCUT2D eigenvalue weighted by Crippen LogP contribution is -2.50. The topological polar surface area (TPSA) is 64.6 Å². The smallest absolute Gasteiger partial charge is 0.407 e. The summed E-state index contributed by atoms with van der Waals surface area (Å²) < 4.78 is 9.68. The molecule has 0 aliphatic heterocycles. The maximum atomic E-state index is 11.9. The molecule has 0 aliphatic carbocycles. The molecule has 0 fully saturated rings. The van der Waals surface area contributed by atoms with Gasteiger partial charge in [-0.3, -0.25) is 4.79 Å². The summed E-state index contributed by atoms with van der Waals surface area (Å²) in [7, 11) is 2.79. The van der Waals surface area contributed by atoms with Crippen LogP contribution in [-0.4, -0.2) is 38.2 Å². The number of carbonyl (C=O) groups excluding carboxylic acids is 2. The zero-order valence-electron chi connectivity index (χ0n) is 10.6. The largest absolute Gasteiger partial charge is 0.453 e. The van der Waals surface area contributed by atoms with Crippen LogP contribution in [0, 0.1) is 5.92 Å². The van der Waals surface area contributed by atoms with Crippen LogP contribution in [-0.2, 0) is 14.3 Å². The summed E-state index contributed by atoms with van der Waals surface area (Å²) >= 11 is 0. The summed E-state index contributed by atoms with van der Waals surface area (Å²) in [5.74, 6) is -0.217. The van der Waals surface area contributed by atoms with Crippen LogP contribution in [0.2, 0.25) is 0 Å². The van der Waals surface area contributed by atoms with E-state index in [1.165, 1.54) is 14.2 Å². The third-order valence-corrected chi connectivity index (χ3v) is 2.41. The maximum absolute atomic E-state index is 11.9. The summed E-state index contributed by atoms with van der Waals surface area (Å²) in [6.07, 6.45) is -0.299. The summed E-state index contributed by atoms with van der Waals surface area (Å²) in [6, 6.07) is -0.651. The lowest BCUT2D eigenvalue weighted by molar-refractivity contribution is -0.127.